The van der Waals surface area contributed by atoms with E-state index in [9.17, 15) is 9.59 Å². The molecule has 0 saturated heterocycles. The molecule has 1 aromatic rings. The number of carbonyl (C=O) groups excluding carboxylic acids is 2. The number of furan rings is 1. The minimum Gasteiger partial charge on any atom is -0.465 e. The molecule has 2 heterocycles. The summed E-state index contributed by atoms with van der Waals surface area (Å²) in [5, 5.41) is 0. The van der Waals surface area contributed by atoms with E-state index in [1.165, 1.54) is 12.7 Å². The van der Waals surface area contributed by atoms with Crippen LogP contribution in [0.25, 0.3) is 0 Å². The molecule has 1 aromatic heterocycles. The van der Waals surface area contributed by atoms with Crippen LogP contribution in [0.5, 0.6) is 0 Å². The SMILES string of the molecule is COC(=O)c1cc2oc1C(=O)[C@H](C(C)C)CC/C(C)=C\CC[C@H](C)C2. The van der Waals surface area contributed by atoms with Crippen LogP contribution in [-0.2, 0) is 11.2 Å². The first-order valence-electron chi connectivity index (χ1n) is 9.24. The molecule has 138 valence electrons. The van der Waals surface area contributed by atoms with Gasteiger partial charge >= 0.3 is 5.97 Å². The molecule has 1 aliphatic rings. The van der Waals surface area contributed by atoms with Crippen LogP contribution in [-0.4, -0.2) is 18.9 Å². The van der Waals surface area contributed by atoms with Gasteiger partial charge in [-0.1, -0.05) is 32.4 Å². The molecular weight excluding hydrogens is 316 g/mol. The lowest BCUT2D eigenvalue weighted by molar-refractivity contribution is 0.0592. The first-order chi connectivity index (χ1) is 11.8. The van der Waals surface area contributed by atoms with Crippen LogP contribution in [0.2, 0.25) is 0 Å². The quantitative estimate of drug-likeness (QED) is 0.544. The molecule has 0 radical (unpaired) electrons. The van der Waals surface area contributed by atoms with Gasteiger partial charge in [-0.2, -0.15) is 0 Å². The fraction of sp³-hybridized carbons (Fsp3) is 0.619. The predicted octanol–water partition coefficient (Wildman–Crippen LogP) is 5.22. The Balaban J connectivity index is 2.45. The van der Waals surface area contributed by atoms with Crippen molar-refractivity contribution in [2.45, 2.75) is 59.8 Å². The minimum atomic E-state index is -0.503. The van der Waals surface area contributed by atoms with Gasteiger partial charge in [0.05, 0.1) is 7.11 Å². The predicted molar refractivity (Wildman–Crippen MR) is 97.8 cm³/mol. The standard InChI is InChI=1S/C21H30O4/c1-13(2)17-10-9-14(3)7-6-8-15(4)11-16-12-18(21(23)24-5)20(25-16)19(17)22/h7,12-13,15,17H,6,8-11H2,1-5H3/b14-7-/t15-,17-/m0/s1. The van der Waals surface area contributed by atoms with Crippen LogP contribution in [0.3, 0.4) is 0 Å². The summed E-state index contributed by atoms with van der Waals surface area (Å²) in [5.74, 6) is 0.725. The zero-order chi connectivity index (χ0) is 18.6. The molecule has 2 rings (SSSR count). The van der Waals surface area contributed by atoms with Gasteiger partial charge in [0.15, 0.2) is 5.76 Å². The number of ketones is 1. The van der Waals surface area contributed by atoms with Crippen molar-refractivity contribution in [3.63, 3.8) is 0 Å². The van der Waals surface area contributed by atoms with E-state index in [0.717, 1.165) is 32.1 Å². The van der Waals surface area contributed by atoms with Gasteiger partial charge in [0.2, 0.25) is 5.78 Å². The Morgan fingerprint density at radius 2 is 2.04 bits per heavy atom. The van der Waals surface area contributed by atoms with Crippen molar-refractivity contribution in [3.05, 3.63) is 34.8 Å². The van der Waals surface area contributed by atoms with Crippen LogP contribution in [0.4, 0.5) is 0 Å². The molecule has 0 spiro atoms. The highest BCUT2D eigenvalue weighted by Gasteiger charge is 2.31. The third kappa shape index (κ3) is 4.83. The number of fused-ring (bicyclic) bond motifs is 2. The number of ether oxygens (including phenoxy) is 1. The third-order valence-corrected chi connectivity index (χ3v) is 5.11. The van der Waals surface area contributed by atoms with Gasteiger partial charge in [-0.25, -0.2) is 4.79 Å². The van der Waals surface area contributed by atoms with E-state index in [0.29, 0.717) is 11.7 Å². The van der Waals surface area contributed by atoms with E-state index >= 15 is 0 Å². The topological polar surface area (TPSA) is 56.5 Å². The van der Waals surface area contributed by atoms with E-state index in [1.54, 1.807) is 6.07 Å². The summed E-state index contributed by atoms with van der Waals surface area (Å²) in [6.07, 6.45) is 6.77. The fourth-order valence-corrected chi connectivity index (χ4v) is 3.47. The lowest BCUT2D eigenvalue weighted by Gasteiger charge is -2.19. The lowest BCUT2D eigenvalue weighted by atomic mass is 9.84. The van der Waals surface area contributed by atoms with Crippen molar-refractivity contribution < 1.29 is 18.7 Å². The molecule has 4 nitrogen and oxygen atoms in total. The van der Waals surface area contributed by atoms with Gasteiger partial charge in [-0.3, -0.25) is 4.79 Å². The van der Waals surface area contributed by atoms with Gasteiger partial charge in [0.25, 0.3) is 0 Å². The molecular formula is C21H30O4. The van der Waals surface area contributed by atoms with E-state index in [2.05, 4.69) is 19.9 Å². The molecule has 0 N–H and O–H groups in total. The zero-order valence-electron chi connectivity index (χ0n) is 16.1. The van der Waals surface area contributed by atoms with Crippen molar-refractivity contribution in [3.8, 4) is 0 Å². The monoisotopic (exact) mass is 346 g/mol. The Morgan fingerprint density at radius 3 is 2.68 bits per heavy atom. The van der Waals surface area contributed by atoms with Crippen molar-refractivity contribution in [2.75, 3.05) is 7.11 Å². The van der Waals surface area contributed by atoms with Gasteiger partial charge in [-0.05, 0) is 50.5 Å². The highest BCUT2D eigenvalue weighted by atomic mass is 16.5. The molecule has 0 fully saturated rings. The summed E-state index contributed by atoms with van der Waals surface area (Å²) < 4.78 is 10.7. The van der Waals surface area contributed by atoms with E-state index in [1.807, 2.05) is 13.8 Å². The van der Waals surface area contributed by atoms with Crippen molar-refractivity contribution in [1.82, 2.24) is 0 Å². The molecule has 2 bridgehead atoms. The maximum Gasteiger partial charge on any atom is 0.341 e. The maximum absolute atomic E-state index is 13.1. The second-order valence-electron chi connectivity index (χ2n) is 7.64. The van der Waals surface area contributed by atoms with E-state index in [-0.39, 0.29) is 28.9 Å². The minimum absolute atomic E-state index is 0.0821. The van der Waals surface area contributed by atoms with Gasteiger partial charge in [0, 0.05) is 12.3 Å². The van der Waals surface area contributed by atoms with Gasteiger partial charge < -0.3 is 9.15 Å². The van der Waals surface area contributed by atoms with Crippen LogP contribution < -0.4 is 0 Å². The number of rotatable bonds is 2. The summed E-state index contributed by atoms with van der Waals surface area (Å²) in [6, 6.07) is 1.69. The first kappa shape index (κ1) is 19.5. The maximum atomic E-state index is 13.1. The number of Topliss-reactive ketones (excluding diaryl/α,β-unsaturated/α-hetero) is 1. The average molecular weight is 346 g/mol. The van der Waals surface area contributed by atoms with Gasteiger partial charge in [0.1, 0.15) is 11.3 Å². The number of esters is 1. The number of hydrogen-bond acceptors (Lipinski definition) is 4. The Hall–Kier alpha value is -1.84. The summed E-state index contributed by atoms with van der Waals surface area (Å²) in [6.45, 7) is 8.39. The average Bonchev–Trinajstić information content (AvgIpc) is 2.96. The normalized spacial score (nSPS) is 24.7. The summed E-state index contributed by atoms with van der Waals surface area (Å²) in [4.78, 5) is 25.3. The van der Waals surface area contributed by atoms with Crippen LogP contribution in [0.15, 0.2) is 22.1 Å². The zero-order valence-corrected chi connectivity index (χ0v) is 16.1. The molecule has 0 aromatic carbocycles. The molecule has 1 aliphatic heterocycles. The summed E-state index contributed by atoms with van der Waals surface area (Å²) in [5.41, 5.74) is 1.60. The van der Waals surface area contributed by atoms with Crippen LogP contribution >= 0.6 is 0 Å². The van der Waals surface area contributed by atoms with Crippen molar-refractivity contribution >= 4 is 11.8 Å². The molecule has 2 atom stereocenters. The van der Waals surface area contributed by atoms with Gasteiger partial charge in [-0.15, -0.1) is 0 Å². The number of allylic oxidation sites excluding steroid dienone is 2. The number of carbonyl (C=O) groups is 2. The number of methoxy groups -OCH3 is 1. The molecule has 0 amide bonds. The van der Waals surface area contributed by atoms with Crippen molar-refractivity contribution in [1.29, 1.82) is 0 Å². The summed E-state index contributed by atoms with van der Waals surface area (Å²) >= 11 is 0. The second kappa shape index (κ2) is 8.50. The van der Waals surface area contributed by atoms with E-state index < -0.39 is 5.97 Å². The molecule has 4 heteroatoms. The Morgan fingerprint density at radius 1 is 1.32 bits per heavy atom. The lowest BCUT2D eigenvalue weighted by Crippen LogP contribution is -2.22. The van der Waals surface area contributed by atoms with Crippen LogP contribution in [0.1, 0.15) is 80.1 Å². The Labute approximate surface area is 150 Å². The third-order valence-electron chi connectivity index (χ3n) is 5.11. The smallest absolute Gasteiger partial charge is 0.341 e. The highest BCUT2D eigenvalue weighted by molar-refractivity contribution is 6.05. The van der Waals surface area contributed by atoms with Crippen molar-refractivity contribution in [2.24, 2.45) is 17.8 Å². The highest BCUT2D eigenvalue weighted by Crippen LogP contribution is 2.30. The number of hydrogen-bond donors (Lipinski definition) is 0. The Bertz CT molecular complexity index is 651. The Kier molecular flexibility index (Phi) is 6.63. The first-order valence-corrected chi connectivity index (χ1v) is 9.24. The molecule has 0 aliphatic carbocycles. The van der Waals surface area contributed by atoms with E-state index in [4.69, 9.17) is 9.15 Å². The second-order valence-corrected chi connectivity index (χ2v) is 7.64. The fourth-order valence-electron chi connectivity index (χ4n) is 3.47. The summed E-state index contributed by atoms with van der Waals surface area (Å²) in [7, 11) is 1.33. The largest absolute Gasteiger partial charge is 0.465 e. The van der Waals surface area contributed by atoms with Crippen LogP contribution in [0, 0.1) is 17.8 Å². The molecule has 0 unspecified atom stereocenters. The molecule has 25 heavy (non-hydrogen) atoms. The molecule has 0 saturated carbocycles.